The van der Waals surface area contributed by atoms with Crippen LogP contribution < -0.4 is 4.74 Å². The molecule has 0 unspecified atom stereocenters. The molecule has 21 heavy (non-hydrogen) atoms. The van der Waals surface area contributed by atoms with Gasteiger partial charge in [0, 0.05) is 22.5 Å². The van der Waals surface area contributed by atoms with E-state index in [1.54, 1.807) is 19.1 Å². The molecule has 0 atom stereocenters. The summed E-state index contributed by atoms with van der Waals surface area (Å²) >= 11 is 3.28. The average Bonchev–Trinajstić information content (AvgIpc) is 2.32. The van der Waals surface area contributed by atoms with E-state index in [-0.39, 0.29) is 13.0 Å². The molecule has 3 nitrogen and oxygen atoms in total. The Balaban J connectivity index is 2.82. The van der Waals surface area contributed by atoms with E-state index in [1.165, 1.54) is 6.08 Å². The molecule has 1 aromatic carbocycles. The lowest BCUT2D eigenvalue weighted by atomic mass is 10.1. The van der Waals surface area contributed by atoms with Crippen molar-refractivity contribution in [3.05, 3.63) is 33.8 Å². The van der Waals surface area contributed by atoms with Crippen LogP contribution in [0.15, 0.2) is 22.7 Å². The highest BCUT2D eigenvalue weighted by Gasteiger charge is 2.26. The van der Waals surface area contributed by atoms with Gasteiger partial charge in [0.15, 0.2) is 0 Å². The lowest BCUT2D eigenvalue weighted by Gasteiger charge is -2.13. The Morgan fingerprint density at radius 3 is 2.67 bits per heavy atom. The summed E-state index contributed by atoms with van der Waals surface area (Å²) in [7, 11) is 0. The van der Waals surface area contributed by atoms with Crippen molar-refractivity contribution in [1.82, 2.24) is 0 Å². The van der Waals surface area contributed by atoms with Crippen molar-refractivity contribution < 1.29 is 27.8 Å². The van der Waals surface area contributed by atoms with Crippen LogP contribution in [0.5, 0.6) is 5.75 Å². The number of halogens is 4. The maximum atomic E-state index is 12.1. The van der Waals surface area contributed by atoms with Gasteiger partial charge in [0.1, 0.15) is 5.75 Å². The third kappa shape index (κ3) is 6.66. The fourth-order valence-corrected chi connectivity index (χ4v) is 2.27. The minimum atomic E-state index is -4.20. The van der Waals surface area contributed by atoms with E-state index < -0.39 is 18.6 Å². The zero-order valence-electron chi connectivity index (χ0n) is 11.2. The minimum Gasteiger partial charge on any atom is -0.493 e. The van der Waals surface area contributed by atoms with E-state index in [9.17, 15) is 18.0 Å². The van der Waals surface area contributed by atoms with Crippen molar-refractivity contribution >= 4 is 28.0 Å². The first-order valence-corrected chi connectivity index (χ1v) is 6.89. The summed E-state index contributed by atoms with van der Waals surface area (Å²) in [5.41, 5.74) is 1.21. The Morgan fingerprint density at radius 1 is 1.43 bits per heavy atom. The number of carboxylic acid groups (broad SMARTS) is 1. The van der Waals surface area contributed by atoms with Crippen LogP contribution in [0.4, 0.5) is 13.2 Å². The molecule has 0 radical (unpaired) electrons. The lowest BCUT2D eigenvalue weighted by molar-refractivity contribution is -0.136. The summed E-state index contributed by atoms with van der Waals surface area (Å²) in [6.45, 7) is 1.65. The average molecular weight is 367 g/mol. The predicted molar refractivity (Wildman–Crippen MR) is 76.3 cm³/mol. The van der Waals surface area contributed by atoms with E-state index in [0.29, 0.717) is 16.9 Å². The van der Waals surface area contributed by atoms with E-state index in [2.05, 4.69) is 15.9 Å². The van der Waals surface area contributed by atoms with Gasteiger partial charge in [-0.05, 0) is 37.1 Å². The van der Waals surface area contributed by atoms with Crippen LogP contribution in [-0.4, -0.2) is 23.9 Å². The zero-order valence-corrected chi connectivity index (χ0v) is 12.8. The van der Waals surface area contributed by atoms with Gasteiger partial charge in [-0.1, -0.05) is 15.9 Å². The first kappa shape index (κ1) is 17.6. The molecule has 0 amide bonds. The van der Waals surface area contributed by atoms with Crippen molar-refractivity contribution in [1.29, 1.82) is 0 Å². The first-order chi connectivity index (χ1) is 9.69. The van der Waals surface area contributed by atoms with E-state index in [1.807, 2.05) is 0 Å². The first-order valence-electron chi connectivity index (χ1n) is 6.10. The molecule has 0 saturated heterocycles. The maximum absolute atomic E-state index is 12.1. The molecule has 0 heterocycles. The molecule has 7 heteroatoms. The molecule has 0 aliphatic heterocycles. The predicted octanol–water partition coefficient (Wildman–Crippen LogP) is 4.58. The Morgan fingerprint density at radius 2 is 2.10 bits per heavy atom. The van der Waals surface area contributed by atoms with Crippen LogP contribution in [-0.2, 0) is 4.79 Å². The molecule has 0 spiro atoms. The second-order valence-corrected chi connectivity index (χ2v) is 5.30. The summed E-state index contributed by atoms with van der Waals surface area (Å²) in [6, 6.07) is 3.39. The highest BCUT2D eigenvalue weighted by Crippen LogP contribution is 2.30. The van der Waals surface area contributed by atoms with Gasteiger partial charge < -0.3 is 9.84 Å². The molecular weight excluding hydrogens is 353 g/mol. The number of carbonyl (C=O) groups is 1. The quantitative estimate of drug-likeness (QED) is 0.592. The van der Waals surface area contributed by atoms with Crippen LogP contribution in [0.1, 0.15) is 24.0 Å². The molecule has 0 bridgehead atoms. The van der Waals surface area contributed by atoms with Gasteiger partial charge in [-0.15, -0.1) is 0 Å². The fourth-order valence-electron chi connectivity index (χ4n) is 1.68. The van der Waals surface area contributed by atoms with Crippen molar-refractivity contribution in [3.63, 3.8) is 0 Å². The summed E-state index contributed by atoms with van der Waals surface area (Å²) in [5.74, 6) is -0.728. The van der Waals surface area contributed by atoms with Crippen molar-refractivity contribution in [2.45, 2.75) is 25.9 Å². The number of carboxylic acids is 1. The molecular formula is C14H14BrF3O3. The topological polar surface area (TPSA) is 46.5 Å². The number of hydrogen-bond acceptors (Lipinski definition) is 2. The largest absolute Gasteiger partial charge is 0.493 e. The summed E-state index contributed by atoms with van der Waals surface area (Å²) in [5, 5.41) is 8.64. The van der Waals surface area contributed by atoms with Gasteiger partial charge in [0.25, 0.3) is 0 Å². The molecule has 0 aliphatic carbocycles. The van der Waals surface area contributed by atoms with Gasteiger partial charge in [-0.3, -0.25) is 0 Å². The number of hydrogen-bond donors (Lipinski definition) is 1. The number of rotatable bonds is 6. The lowest BCUT2D eigenvalue weighted by Crippen LogP contribution is -2.10. The highest BCUT2D eigenvalue weighted by atomic mass is 79.9. The van der Waals surface area contributed by atoms with Gasteiger partial charge in [-0.2, -0.15) is 13.2 Å². The number of ether oxygens (including phenoxy) is 1. The molecule has 1 N–H and O–H groups in total. The van der Waals surface area contributed by atoms with Gasteiger partial charge in [0.05, 0.1) is 6.61 Å². The molecule has 0 fully saturated rings. The molecule has 0 aromatic heterocycles. The van der Waals surface area contributed by atoms with E-state index in [0.717, 1.165) is 10.5 Å². The molecule has 116 valence electrons. The monoisotopic (exact) mass is 366 g/mol. The minimum absolute atomic E-state index is 0.0874. The van der Waals surface area contributed by atoms with Crippen molar-refractivity contribution in [3.8, 4) is 5.75 Å². The summed E-state index contributed by atoms with van der Waals surface area (Å²) < 4.78 is 42.3. The zero-order chi connectivity index (χ0) is 16.0. The molecule has 1 rings (SSSR count). The Kier molecular flexibility index (Phi) is 6.26. The molecule has 1 aromatic rings. The van der Waals surface area contributed by atoms with E-state index in [4.69, 9.17) is 9.84 Å². The van der Waals surface area contributed by atoms with E-state index >= 15 is 0 Å². The van der Waals surface area contributed by atoms with Gasteiger partial charge in [0.2, 0.25) is 0 Å². The SMILES string of the molecule is Cc1cc(Br)cc(/C=C/C(=O)O)c1OCCCC(F)(F)F. The van der Waals surface area contributed by atoms with Crippen LogP contribution in [0.2, 0.25) is 0 Å². The number of alkyl halides is 3. The van der Waals surface area contributed by atoms with Gasteiger partial charge in [-0.25, -0.2) is 4.79 Å². The third-order valence-corrected chi connectivity index (χ3v) is 2.98. The number of aliphatic carboxylic acids is 1. The smallest absolute Gasteiger partial charge is 0.389 e. The fraction of sp³-hybridized carbons (Fsp3) is 0.357. The summed E-state index contributed by atoms with van der Waals surface area (Å²) in [4.78, 5) is 10.6. The van der Waals surface area contributed by atoms with Crippen LogP contribution in [0.25, 0.3) is 6.08 Å². The number of aryl methyl sites for hydroxylation is 1. The van der Waals surface area contributed by atoms with Crippen molar-refractivity contribution in [2.75, 3.05) is 6.61 Å². The third-order valence-electron chi connectivity index (χ3n) is 2.52. The Labute approximate surface area is 128 Å². The number of benzene rings is 1. The standard InChI is InChI=1S/C14H14BrF3O3/c1-9-7-11(15)8-10(3-4-12(19)20)13(9)21-6-2-5-14(16,17)18/h3-4,7-8H,2,5-6H2,1H3,(H,19,20)/b4-3+. The Hall–Kier alpha value is -1.50. The highest BCUT2D eigenvalue weighted by molar-refractivity contribution is 9.10. The Bertz CT molecular complexity index is 539. The molecule has 0 saturated carbocycles. The van der Waals surface area contributed by atoms with Crippen LogP contribution in [0.3, 0.4) is 0 Å². The molecule has 0 aliphatic rings. The summed E-state index contributed by atoms with van der Waals surface area (Å²) in [6.07, 6.45) is -2.98. The maximum Gasteiger partial charge on any atom is 0.389 e. The van der Waals surface area contributed by atoms with Crippen LogP contribution in [0, 0.1) is 6.92 Å². The second-order valence-electron chi connectivity index (χ2n) is 4.38. The van der Waals surface area contributed by atoms with Crippen LogP contribution >= 0.6 is 15.9 Å². The second kappa shape index (κ2) is 7.49. The van der Waals surface area contributed by atoms with Gasteiger partial charge >= 0.3 is 12.1 Å². The van der Waals surface area contributed by atoms with Crippen molar-refractivity contribution in [2.24, 2.45) is 0 Å². The normalized spacial score (nSPS) is 11.9.